The Morgan fingerprint density at radius 3 is 2.40 bits per heavy atom. The molecule has 8 nitrogen and oxygen atoms in total. The van der Waals surface area contributed by atoms with Crippen molar-refractivity contribution in [3.8, 4) is 11.8 Å². The third kappa shape index (κ3) is 5.43. The lowest BCUT2D eigenvalue weighted by Gasteiger charge is -2.32. The van der Waals surface area contributed by atoms with E-state index in [1.807, 2.05) is 24.3 Å². The third-order valence-electron chi connectivity index (χ3n) is 4.60. The Labute approximate surface area is 181 Å². The Balaban J connectivity index is 1.86. The summed E-state index contributed by atoms with van der Waals surface area (Å²) in [5.41, 5.74) is 0.705. The minimum Gasteiger partial charge on any atom is -0.480 e. The van der Waals surface area contributed by atoms with Crippen LogP contribution in [0.5, 0.6) is 11.8 Å². The fourth-order valence-corrected chi connectivity index (χ4v) is 4.00. The van der Waals surface area contributed by atoms with Crippen LogP contribution in [-0.2, 0) is 4.79 Å². The molecule has 1 aromatic carbocycles. The zero-order valence-corrected chi connectivity index (χ0v) is 18.5. The third-order valence-corrected chi connectivity index (χ3v) is 5.65. The highest BCUT2D eigenvalue weighted by Crippen LogP contribution is 2.41. The molecule has 0 saturated carbocycles. The first-order chi connectivity index (χ1) is 14.5. The van der Waals surface area contributed by atoms with Crippen LogP contribution < -0.4 is 19.7 Å². The van der Waals surface area contributed by atoms with Gasteiger partial charge in [-0.3, -0.25) is 4.79 Å². The standard InChI is InChI=1S/C21H27N5O3S/c1-5-7-17(27)22-15-8-6-9-16(14-15)30-18-19(28-3)23-21(24-20(18)29-4)26-12-10-25(2)11-13-26/h5-9,14H,10-13H2,1-4H3,(H,22,27). The van der Waals surface area contributed by atoms with Crippen LogP contribution in [-0.4, -0.2) is 68.2 Å². The van der Waals surface area contributed by atoms with Gasteiger partial charge in [0.15, 0.2) is 0 Å². The highest BCUT2D eigenvalue weighted by molar-refractivity contribution is 7.99. The number of benzene rings is 1. The summed E-state index contributed by atoms with van der Waals surface area (Å²) < 4.78 is 11.1. The number of ether oxygens (including phenoxy) is 2. The first-order valence-electron chi connectivity index (χ1n) is 9.69. The highest BCUT2D eigenvalue weighted by Gasteiger charge is 2.23. The number of carbonyl (C=O) groups is 1. The second-order valence-corrected chi connectivity index (χ2v) is 7.86. The van der Waals surface area contributed by atoms with Crippen molar-refractivity contribution < 1.29 is 14.3 Å². The summed E-state index contributed by atoms with van der Waals surface area (Å²) in [4.78, 5) is 27.1. The van der Waals surface area contributed by atoms with Crippen molar-refractivity contribution in [2.45, 2.75) is 16.7 Å². The summed E-state index contributed by atoms with van der Waals surface area (Å²) in [6, 6.07) is 7.56. The van der Waals surface area contributed by atoms with E-state index in [4.69, 9.17) is 9.47 Å². The molecule has 1 fully saturated rings. The number of amides is 1. The number of rotatable bonds is 7. The van der Waals surface area contributed by atoms with Crippen molar-refractivity contribution in [2.75, 3.05) is 57.7 Å². The fraction of sp³-hybridized carbons (Fsp3) is 0.381. The van der Waals surface area contributed by atoms with E-state index >= 15 is 0 Å². The van der Waals surface area contributed by atoms with Crippen molar-refractivity contribution in [3.05, 3.63) is 36.4 Å². The van der Waals surface area contributed by atoms with E-state index in [2.05, 4.69) is 32.1 Å². The predicted molar refractivity (Wildman–Crippen MR) is 119 cm³/mol. The summed E-state index contributed by atoms with van der Waals surface area (Å²) in [5.74, 6) is 1.36. The van der Waals surface area contributed by atoms with Crippen LogP contribution in [0, 0.1) is 0 Å². The predicted octanol–water partition coefficient (Wildman–Crippen LogP) is 2.91. The summed E-state index contributed by atoms with van der Waals surface area (Å²) >= 11 is 1.43. The smallest absolute Gasteiger partial charge is 0.248 e. The van der Waals surface area contributed by atoms with Gasteiger partial charge in [-0.2, -0.15) is 9.97 Å². The van der Waals surface area contributed by atoms with E-state index in [-0.39, 0.29) is 5.91 Å². The number of hydrogen-bond donors (Lipinski definition) is 1. The van der Waals surface area contributed by atoms with Crippen molar-refractivity contribution in [3.63, 3.8) is 0 Å². The quantitative estimate of drug-likeness (QED) is 0.673. The maximum Gasteiger partial charge on any atom is 0.248 e. The van der Waals surface area contributed by atoms with Crippen molar-refractivity contribution in [1.82, 2.24) is 14.9 Å². The van der Waals surface area contributed by atoms with Crippen LogP contribution in [0.3, 0.4) is 0 Å². The first kappa shape index (κ1) is 21.9. The summed E-state index contributed by atoms with van der Waals surface area (Å²) in [7, 11) is 5.29. The van der Waals surface area contributed by atoms with E-state index in [0.29, 0.717) is 28.3 Å². The Morgan fingerprint density at radius 1 is 1.13 bits per heavy atom. The maximum atomic E-state index is 11.8. The van der Waals surface area contributed by atoms with Gasteiger partial charge in [0.2, 0.25) is 23.6 Å². The molecule has 9 heteroatoms. The lowest BCUT2D eigenvalue weighted by Crippen LogP contribution is -2.45. The lowest BCUT2D eigenvalue weighted by atomic mass is 10.3. The van der Waals surface area contributed by atoms with Gasteiger partial charge in [-0.25, -0.2) is 0 Å². The molecular weight excluding hydrogens is 402 g/mol. The first-order valence-corrected chi connectivity index (χ1v) is 10.5. The molecule has 1 amide bonds. The molecule has 0 radical (unpaired) electrons. The lowest BCUT2D eigenvalue weighted by molar-refractivity contribution is -0.111. The van der Waals surface area contributed by atoms with Gasteiger partial charge < -0.3 is 24.6 Å². The molecule has 1 aliphatic heterocycles. The molecule has 3 rings (SSSR count). The van der Waals surface area contributed by atoms with E-state index in [0.717, 1.165) is 31.1 Å². The number of allylic oxidation sites excluding steroid dienone is 1. The maximum absolute atomic E-state index is 11.8. The molecule has 160 valence electrons. The van der Waals surface area contributed by atoms with Gasteiger partial charge in [0, 0.05) is 36.8 Å². The normalized spacial score (nSPS) is 14.7. The van der Waals surface area contributed by atoms with Gasteiger partial charge in [-0.15, -0.1) is 0 Å². The van der Waals surface area contributed by atoms with Crippen LogP contribution in [0.25, 0.3) is 0 Å². The van der Waals surface area contributed by atoms with Crippen LogP contribution in [0.2, 0.25) is 0 Å². The van der Waals surface area contributed by atoms with Gasteiger partial charge in [0.1, 0.15) is 4.90 Å². The van der Waals surface area contributed by atoms with E-state index in [9.17, 15) is 4.79 Å². The molecule has 2 aromatic rings. The average Bonchev–Trinajstić information content (AvgIpc) is 2.74. The monoisotopic (exact) mass is 429 g/mol. The zero-order chi connectivity index (χ0) is 21.5. The number of likely N-dealkylation sites (N-methyl/N-ethyl adjacent to an activating group) is 1. The van der Waals surface area contributed by atoms with Gasteiger partial charge in [-0.05, 0) is 38.2 Å². The Hall–Kier alpha value is -2.78. The van der Waals surface area contributed by atoms with Crippen LogP contribution in [0.15, 0.2) is 46.2 Å². The molecule has 0 aliphatic carbocycles. The Morgan fingerprint density at radius 2 is 1.80 bits per heavy atom. The SMILES string of the molecule is CC=CC(=O)Nc1cccc(Sc2c(OC)nc(N3CCN(C)CC3)nc2OC)c1. The minimum atomic E-state index is -0.172. The molecule has 1 aliphatic rings. The topological polar surface area (TPSA) is 79.8 Å². The van der Waals surface area contributed by atoms with Crippen molar-refractivity contribution in [2.24, 2.45) is 0 Å². The summed E-state index contributed by atoms with van der Waals surface area (Å²) in [6.07, 6.45) is 3.18. The molecule has 1 saturated heterocycles. The second-order valence-electron chi connectivity index (χ2n) is 6.78. The minimum absolute atomic E-state index is 0.172. The van der Waals surface area contributed by atoms with E-state index in [1.165, 1.54) is 17.8 Å². The summed E-state index contributed by atoms with van der Waals surface area (Å²) in [5, 5.41) is 2.84. The number of aromatic nitrogens is 2. The molecular formula is C21H27N5O3S. The molecule has 1 aromatic heterocycles. The summed E-state index contributed by atoms with van der Waals surface area (Å²) in [6.45, 7) is 5.41. The zero-order valence-electron chi connectivity index (χ0n) is 17.7. The number of hydrogen-bond acceptors (Lipinski definition) is 8. The van der Waals surface area contributed by atoms with Gasteiger partial charge in [-0.1, -0.05) is 23.9 Å². The number of nitrogens with one attached hydrogen (secondary N) is 1. The number of piperazine rings is 1. The molecule has 1 N–H and O–H groups in total. The van der Waals surface area contributed by atoms with Crippen LogP contribution in [0.1, 0.15) is 6.92 Å². The highest BCUT2D eigenvalue weighted by atomic mass is 32.2. The second kappa shape index (κ2) is 10.3. The molecule has 2 heterocycles. The van der Waals surface area contributed by atoms with Crippen molar-refractivity contribution >= 4 is 29.3 Å². The molecule has 0 unspecified atom stereocenters. The fourth-order valence-electron chi connectivity index (χ4n) is 3.00. The van der Waals surface area contributed by atoms with E-state index in [1.54, 1.807) is 27.2 Å². The Kier molecular flexibility index (Phi) is 7.53. The molecule has 30 heavy (non-hydrogen) atoms. The largest absolute Gasteiger partial charge is 0.480 e. The van der Waals surface area contributed by atoms with Gasteiger partial charge >= 0.3 is 0 Å². The number of anilines is 2. The number of nitrogens with zero attached hydrogens (tertiary/aromatic N) is 4. The molecule has 0 bridgehead atoms. The average molecular weight is 430 g/mol. The molecule has 0 spiro atoms. The van der Waals surface area contributed by atoms with E-state index < -0.39 is 0 Å². The number of carbonyl (C=O) groups excluding carboxylic acids is 1. The van der Waals surface area contributed by atoms with Crippen LogP contribution in [0.4, 0.5) is 11.6 Å². The van der Waals surface area contributed by atoms with Crippen LogP contribution >= 0.6 is 11.8 Å². The van der Waals surface area contributed by atoms with Gasteiger partial charge in [0.05, 0.1) is 14.2 Å². The van der Waals surface area contributed by atoms with Crippen molar-refractivity contribution in [1.29, 1.82) is 0 Å². The molecule has 0 atom stereocenters. The number of methoxy groups -OCH3 is 2. The Bertz CT molecular complexity index is 888. The van der Waals surface area contributed by atoms with Gasteiger partial charge in [0.25, 0.3) is 0 Å².